The van der Waals surface area contributed by atoms with Crippen molar-refractivity contribution in [1.82, 2.24) is 25.2 Å². The van der Waals surface area contributed by atoms with Crippen LogP contribution in [0.5, 0.6) is 11.9 Å². The Kier molecular flexibility index (Phi) is 5.68. The minimum absolute atomic E-state index is 0.00371. The molecule has 7 heterocycles. The smallest absolute Gasteiger partial charge is 0.319 e. The number of fused-ring (bicyclic) bond motifs is 9. The number of hydrogen-bond acceptors (Lipinski definition) is 8. The zero-order chi connectivity index (χ0) is 31.8. The summed E-state index contributed by atoms with van der Waals surface area (Å²) in [6, 6.07) is 8.88. The first-order chi connectivity index (χ1) is 22.8. The topological polar surface area (TPSA) is 75.6 Å². The lowest BCUT2D eigenvalue weighted by molar-refractivity contribution is 0.0830. The van der Waals surface area contributed by atoms with Gasteiger partial charge in [0.2, 0.25) is 5.88 Å². The van der Waals surface area contributed by atoms with Crippen molar-refractivity contribution in [2.24, 2.45) is 11.8 Å². The highest BCUT2D eigenvalue weighted by molar-refractivity contribution is 6.03. The van der Waals surface area contributed by atoms with E-state index in [-0.39, 0.29) is 52.4 Å². The summed E-state index contributed by atoms with van der Waals surface area (Å²) in [5.74, 6) is 3.38. The second kappa shape index (κ2) is 9.61. The summed E-state index contributed by atoms with van der Waals surface area (Å²) in [4.78, 5) is 19.4. The summed E-state index contributed by atoms with van der Waals surface area (Å²) >= 11 is 0. The van der Waals surface area contributed by atoms with Crippen LogP contribution in [0, 0.1) is 35.8 Å². The fraction of sp³-hybridized carbons (Fsp3) is 0.432. The Bertz CT molecular complexity index is 2100. The van der Waals surface area contributed by atoms with Gasteiger partial charge in [-0.1, -0.05) is 42.3 Å². The molecule has 5 unspecified atom stereocenters. The number of nitrogens with zero attached hydrogens (tertiary/aromatic N) is 5. The fourth-order valence-corrected chi connectivity index (χ4v) is 9.69. The molecule has 2 aromatic heterocycles. The van der Waals surface area contributed by atoms with Gasteiger partial charge in [-0.2, -0.15) is 9.97 Å². The van der Waals surface area contributed by atoms with Crippen LogP contribution in [0.25, 0.3) is 32.9 Å². The molecule has 5 aliphatic heterocycles. The van der Waals surface area contributed by atoms with E-state index in [0.29, 0.717) is 58.6 Å². The molecule has 4 aromatic rings. The molecule has 6 aliphatic rings. The number of pyridine rings is 1. The molecule has 0 spiro atoms. The zero-order valence-corrected chi connectivity index (χ0v) is 26.1. The Morgan fingerprint density at radius 2 is 2.04 bits per heavy atom. The van der Waals surface area contributed by atoms with Gasteiger partial charge >= 0.3 is 6.01 Å². The van der Waals surface area contributed by atoms with Gasteiger partial charge in [0.1, 0.15) is 40.9 Å². The predicted molar refractivity (Wildman–Crippen MR) is 174 cm³/mol. The van der Waals surface area contributed by atoms with E-state index >= 15 is 4.39 Å². The van der Waals surface area contributed by atoms with Crippen LogP contribution in [0.15, 0.2) is 42.5 Å². The van der Waals surface area contributed by atoms with E-state index < -0.39 is 11.6 Å². The number of terminal acetylenes is 1. The molecule has 1 saturated carbocycles. The van der Waals surface area contributed by atoms with Crippen LogP contribution in [-0.2, 0) is 0 Å². The van der Waals surface area contributed by atoms with Crippen molar-refractivity contribution in [3.05, 3.63) is 59.7 Å². The molecule has 238 valence electrons. The van der Waals surface area contributed by atoms with Gasteiger partial charge in [0.25, 0.3) is 0 Å². The maximum Gasteiger partial charge on any atom is 0.319 e. The molecule has 4 saturated heterocycles. The lowest BCUT2D eigenvalue weighted by Gasteiger charge is -2.42. The Hall–Kier alpha value is -4.33. The molecule has 0 amide bonds. The van der Waals surface area contributed by atoms with Crippen molar-refractivity contribution in [2.45, 2.75) is 62.4 Å². The second-order valence-electron chi connectivity index (χ2n) is 14.4. The number of aromatic nitrogens is 3. The number of piperidine rings is 1. The summed E-state index contributed by atoms with van der Waals surface area (Å²) in [6.45, 7) is 9.41. The Morgan fingerprint density at radius 1 is 1.15 bits per heavy atom. The highest BCUT2D eigenvalue weighted by atomic mass is 19.1. The average molecular weight is 633 g/mol. The number of hydrogen-bond donors (Lipinski definition) is 1. The van der Waals surface area contributed by atoms with Gasteiger partial charge in [0, 0.05) is 42.7 Å². The summed E-state index contributed by atoms with van der Waals surface area (Å²) in [5, 5.41) is 5.27. The molecule has 2 bridgehead atoms. The highest BCUT2D eigenvalue weighted by Crippen LogP contribution is 2.60. The molecule has 1 N–H and O–H groups in total. The maximum atomic E-state index is 17.2. The van der Waals surface area contributed by atoms with Crippen LogP contribution < -0.4 is 19.7 Å². The Labute approximate surface area is 271 Å². The molecule has 7 atom stereocenters. The maximum absolute atomic E-state index is 17.2. The Balaban J connectivity index is 1.18. The van der Waals surface area contributed by atoms with E-state index in [2.05, 4.69) is 27.6 Å². The zero-order valence-electron chi connectivity index (χ0n) is 26.1. The normalized spacial score (nSPS) is 31.7. The monoisotopic (exact) mass is 632 g/mol. The fourth-order valence-electron chi connectivity index (χ4n) is 9.69. The highest BCUT2D eigenvalue weighted by Gasteiger charge is 2.64. The molecular weight excluding hydrogens is 598 g/mol. The van der Waals surface area contributed by atoms with Gasteiger partial charge < -0.3 is 19.7 Å². The predicted octanol–water partition coefficient (Wildman–Crippen LogP) is 5.22. The van der Waals surface area contributed by atoms with Crippen LogP contribution >= 0.6 is 0 Å². The average Bonchev–Trinajstić information content (AvgIpc) is 3.54. The largest absolute Gasteiger partial charge is 0.472 e. The molecule has 0 radical (unpaired) electrons. The van der Waals surface area contributed by atoms with Gasteiger partial charge in [-0.15, -0.1) is 6.42 Å². The van der Waals surface area contributed by atoms with E-state index in [0.717, 1.165) is 32.4 Å². The van der Waals surface area contributed by atoms with E-state index in [1.165, 1.54) is 18.1 Å². The van der Waals surface area contributed by atoms with Crippen molar-refractivity contribution in [3.8, 4) is 35.5 Å². The quantitative estimate of drug-likeness (QED) is 0.243. The minimum Gasteiger partial charge on any atom is -0.472 e. The Morgan fingerprint density at radius 3 is 2.91 bits per heavy atom. The van der Waals surface area contributed by atoms with Crippen molar-refractivity contribution < 1.29 is 18.3 Å². The molecule has 5 fully saturated rings. The van der Waals surface area contributed by atoms with Crippen molar-refractivity contribution in [2.75, 3.05) is 31.1 Å². The number of rotatable bonds is 4. The van der Waals surface area contributed by atoms with Crippen molar-refractivity contribution in [3.63, 3.8) is 0 Å². The second-order valence-corrected chi connectivity index (χ2v) is 14.4. The summed E-state index contributed by atoms with van der Waals surface area (Å²) in [7, 11) is 0. The first-order valence-electron chi connectivity index (χ1n) is 16.7. The minimum atomic E-state index is -0.651. The number of piperazine rings is 1. The number of anilines is 1. The first kappa shape index (κ1) is 27.8. The standard InChI is InChI=1S/C37H34F2N6O2/c1-4-23-26(38)10-8-20-6-5-7-24(28(20)23)31-30(39)32-29-34(45-16-22-9-11-27(40-22)33(45)19(3)47-35(29)41-31)43-36(42-32)46-17-37-13-18(2)14-44(37)15-21-12-25(21)37/h1,5-8,10,19,21-22,25,27,33,40H,2,9,11-17H2,3H3/t19?,21-,22?,25-,27?,33?,37?/m0/s1. The molecule has 10 rings (SSSR count). The van der Waals surface area contributed by atoms with Gasteiger partial charge in [-0.25, -0.2) is 13.8 Å². The molecule has 1 aliphatic carbocycles. The third-order valence-electron chi connectivity index (χ3n) is 11.7. The molecule has 10 heteroatoms. The number of benzene rings is 2. The van der Waals surface area contributed by atoms with Crippen LogP contribution in [0.3, 0.4) is 0 Å². The van der Waals surface area contributed by atoms with Crippen LogP contribution in [0.2, 0.25) is 0 Å². The summed E-state index contributed by atoms with van der Waals surface area (Å²) in [6.07, 6.45) is 9.67. The van der Waals surface area contributed by atoms with Crippen LogP contribution in [0.4, 0.5) is 14.6 Å². The van der Waals surface area contributed by atoms with Gasteiger partial charge in [0.05, 0.1) is 17.1 Å². The van der Waals surface area contributed by atoms with Gasteiger partial charge in [-0.05, 0) is 55.9 Å². The van der Waals surface area contributed by atoms with Crippen molar-refractivity contribution in [1.29, 1.82) is 0 Å². The molecular formula is C37H34F2N6O2. The third-order valence-corrected chi connectivity index (χ3v) is 11.7. The molecule has 2 aromatic carbocycles. The first-order valence-corrected chi connectivity index (χ1v) is 16.7. The van der Waals surface area contributed by atoms with Gasteiger partial charge in [0.15, 0.2) is 5.82 Å². The molecule has 8 nitrogen and oxygen atoms in total. The summed E-state index contributed by atoms with van der Waals surface area (Å²) in [5.41, 5.74) is 1.60. The molecule has 47 heavy (non-hydrogen) atoms. The van der Waals surface area contributed by atoms with E-state index in [1.54, 1.807) is 18.2 Å². The number of halogens is 2. The van der Waals surface area contributed by atoms with E-state index in [9.17, 15) is 4.39 Å². The summed E-state index contributed by atoms with van der Waals surface area (Å²) < 4.78 is 45.3. The third kappa shape index (κ3) is 3.84. The lowest BCUT2D eigenvalue weighted by Crippen LogP contribution is -2.62. The van der Waals surface area contributed by atoms with E-state index in [1.807, 2.05) is 13.0 Å². The lowest BCUT2D eigenvalue weighted by atomic mass is 9.91. The number of ether oxygens (including phenoxy) is 2. The SMILES string of the molecule is C#Cc1c(F)ccc2cccc(-c3nc4c5c(nc(OCC67CC(=C)CN6C[C@@H]6C[C@@H]67)nc5c3F)N3CC5CCC(N5)C3C(C)O4)c12. The van der Waals surface area contributed by atoms with Gasteiger partial charge in [-0.3, -0.25) is 4.90 Å². The van der Waals surface area contributed by atoms with Crippen molar-refractivity contribution >= 4 is 27.5 Å². The number of nitrogens with one attached hydrogen (secondary N) is 1. The van der Waals surface area contributed by atoms with Crippen LogP contribution in [-0.4, -0.2) is 75.9 Å². The van der Waals surface area contributed by atoms with E-state index in [4.69, 9.17) is 30.8 Å². The van der Waals surface area contributed by atoms with Crippen LogP contribution in [0.1, 0.15) is 38.2 Å².